The number of benzene rings is 1. The molecule has 122 valence electrons. The SMILES string of the molecule is CC(CC1CCCCC1)C(=O)N(c1cccc(F)c1)N(C)C. The molecule has 0 saturated heterocycles. The van der Waals surface area contributed by atoms with Gasteiger partial charge in [-0.2, -0.15) is 0 Å². The Labute approximate surface area is 133 Å². The Morgan fingerprint density at radius 1 is 1.27 bits per heavy atom. The maximum atomic E-state index is 13.5. The smallest absolute Gasteiger partial charge is 0.244 e. The molecule has 22 heavy (non-hydrogen) atoms. The first-order valence-electron chi connectivity index (χ1n) is 8.26. The van der Waals surface area contributed by atoms with Gasteiger partial charge in [0, 0.05) is 20.0 Å². The van der Waals surface area contributed by atoms with Crippen molar-refractivity contribution in [2.45, 2.75) is 45.4 Å². The number of carbonyl (C=O) groups excluding carboxylic acids is 1. The average Bonchev–Trinajstić information content (AvgIpc) is 2.48. The molecule has 1 aliphatic rings. The number of hydrogen-bond acceptors (Lipinski definition) is 2. The highest BCUT2D eigenvalue weighted by atomic mass is 19.1. The largest absolute Gasteiger partial charge is 0.273 e. The summed E-state index contributed by atoms with van der Waals surface area (Å²) in [6.07, 6.45) is 7.29. The molecule has 1 amide bonds. The molecule has 1 aliphatic carbocycles. The fraction of sp³-hybridized carbons (Fsp3) is 0.611. The van der Waals surface area contributed by atoms with Crippen LogP contribution >= 0.6 is 0 Å². The van der Waals surface area contributed by atoms with Crippen molar-refractivity contribution in [1.82, 2.24) is 5.01 Å². The molecule has 0 spiro atoms. The van der Waals surface area contributed by atoms with Crippen LogP contribution in [-0.4, -0.2) is 25.0 Å². The maximum absolute atomic E-state index is 13.5. The highest BCUT2D eigenvalue weighted by Gasteiger charge is 2.27. The number of amides is 1. The third kappa shape index (κ3) is 4.29. The highest BCUT2D eigenvalue weighted by molar-refractivity contribution is 5.93. The van der Waals surface area contributed by atoms with E-state index in [1.54, 1.807) is 22.2 Å². The number of nitrogens with zero attached hydrogens (tertiary/aromatic N) is 2. The number of rotatable bonds is 5. The van der Waals surface area contributed by atoms with Crippen molar-refractivity contribution in [3.8, 4) is 0 Å². The number of hydrazine groups is 1. The minimum absolute atomic E-state index is 0.0428. The molecule has 0 aliphatic heterocycles. The van der Waals surface area contributed by atoms with Gasteiger partial charge in [-0.1, -0.05) is 45.1 Å². The lowest BCUT2D eigenvalue weighted by Gasteiger charge is -2.32. The van der Waals surface area contributed by atoms with Crippen LogP contribution in [0.5, 0.6) is 0 Å². The molecule has 1 saturated carbocycles. The van der Waals surface area contributed by atoms with Gasteiger partial charge < -0.3 is 0 Å². The van der Waals surface area contributed by atoms with Crippen LogP contribution in [0, 0.1) is 17.7 Å². The van der Waals surface area contributed by atoms with Crippen LogP contribution in [0.3, 0.4) is 0 Å². The molecule has 1 aromatic carbocycles. The lowest BCUT2D eigenvalue weighted by molar-refractivity contribution is -0.125. The van der Waals surface area contributed by atoms with E-state index in [4.69, 9.17) is 0 Å². The van der Waals surface area contributed by atoms with Crippen molar-refractivity contribution < 1.29 is 9.18 Å². The number of hydrogen-bond donors (Lipinski definition) is 0. The van der Waals surface area contributed by atoms with E-state index >= 15 is 0 Å². The van der Waals surface area contributed by atoms with Crippen molar-refractivity contribution >= 4 is 11.6 Å². The van der Waals surface area contributed by atoms with Crippen molar-refractivity contribution in [3.05, 3.63) is 30.1 Å². The van der Waals surface area contributed by atoms with Gasteiger partial charge in [0.1, 0.15) is 5.82 Å². The summed E-state index contributed by atoms with van der Waals surface area (Å²) >= 11 is 0. The van der Waals surface area contributed by atoms with Gasteiger partial charge in [0.25, 0.3) is 0 Å². The molecule has 0 bridgehead atoms. The van der Waals surface area contributed by atoms with E-state index < -0.39 is 0 Å². The van der Waals surface area contributed by atoms with Crippen molar-refractivity contribution in [1.29, 1.82) is 0 Å². The molecule has 1 atom stereocenters. The van der Waals surface area contributed by atoms with Crippen molar-refractivity contribution in [2.24, 2.45) is 11.8 Å². The third-order valence-electron chi connectivity index (χ3n) is 4.49. The summed E-state index contributed by atoms with van der Waals surface area (Å²) in [6.45, 7) is 1.99. The quantitative estimate of drug-likeness (QED) is 0.760. The normalized spacial score (nSPS) is 17.5. The minimum Gasteiger partial charge on any atom is -0.273 e. The summed E-state index contributed by atoms with van der Waals surface area (Å²) in [5.74, 6) is 0.330. The summed E-state index contributed by atoms with van der Waals surface area (Å²) in [7, 11) is 3.63. The van der Waals surface area contributed by atoms with Gasteiger partial charge in [0.05, 0.1) is 5.69 Å². The molecule has 0 radical (unpaired) electrons. The first-order chi connectivity index (χ1) is 10.5. The van der Waals surface area contributed by atoms with E-state index in [-0.39, 0.29) is 17.6 Å². The molecular weight excluding hydrogens is 279 g/mol. The molecule has 0 aromatic heterocycles. The van der Waals surface area contributed by atoms with E-state index in [0.717, 1.165) is 6.42 Å². The van der Waals surface area contributed by atoms with E-state index in [2.05, 4.69) is 0 Å². The molecule has 1 aromatic rings. The van der Waals surface area contributed by atoms with Crippen LogP contribution in [0.4, 0.5) is 10.1 Å². The molecule has 2 rings (SSSR count). The molecule has 1 fully saturated rings. The van der Waals surface area contributed by atoms with Crippen LogP contribution in [0.15, 0.2) is 24.3 Å². The zero-order valence-electron chi connectivity index (χ0n) is 13.9. The second-order valence-corrected chi connectivity index (χ2v) is 6.62. The fourth-order valence-electron chi connectivity index (χ4n) is 3.40. The molecular formula is C18H27FN2O. The Kier molecular flexibility index (Phi) is 5.95. The van der Waals surface area contributed by atoms with Gasteiger partial charge in [-0.15, -0.1) is 0 Å². The van der Waals surface area contributed by atoms with Crippen molar-refractivity contribution in [2.75, 3.05) is 19.1 Å². The summed E-state index contributed by atoms with van der Waals surface area (Å²) in [5.41, 5.74) is 0.588. The Balaban J connectivity index is 2.08. The van der Waals surface area contributed by atoms with Crippen LogP contribution < -0.4 is 5.01 Å². The highest BCUT2D eigenvalue weighted by Crippen LogP contribution is 2.30. The lowest BCUT2D eigenvalue weighted by Crippen LogP contribution is -2.45. The van der Waals surface area contributed by atoms with Gasteiger partial charge in [0.15, 0.2) is 0 Å². The van der Waals surface area contributed by atoms with Crippen LogP contribution in [0.25, 0.3) is 0 Å². The molecule has 1 unspecified atom stereocenters. The van der Waals surface area contributed by atoms with Gasteiger partial charge in [0.2, 0.25) is 5.91 Å². The van der Waals surface area contributed by atoms with E-state index in [1.807, 2.05) is 21.0 Å². The van der Waals surface area contributed by atoms with Gasteiger partial charge in [-0.3, -0.25) is 4.79 Å². The second-order valence-electron chi connectivity index (χ2n) is 6.62. The summed E-state index contributed by atoms with van der Waals surface area (Å²) in [6, 6.07) is 6.22. The number of carbonyl (C=O) groups is 1. The molecule has 0 N–H and O–H groups in total. The van der Waals surface area contributed by atoms with Gasteiger partial charge in [-0.25, -0.2) is 14.4 Å². The first-order valence-corrected chi connectivity index (χ1v) is 8.26. The zero-order chi connectivity index (χ0) is 16.1. The fourth-order valence-corrected chi connectivity index (χ4v) is 3.40. The molecule has 4 heteroatoms. The number of anilines is 1. The monoisotopic (exact) mass is 306 g/mol. The van der Waals surface area contributed by atoms with E-state index in [0.29, 0.717) is 11.6 Å². The van der Waals surface area contributed by atoms with Crippen LogP contribution in [0.2, 0.25) is 0 Å². The zero-order valence-corrected chi connectivity index (χ0v) is 13.9. The predicted molar refractivity (Wildman–Crippen MR) is 87.9 cm³/mol. The minimum atomic E-state index is -0.322. The van der Waals surface area contributed by atoms with Gasteiger partial charge >= 0.3 is 0 Å². The van der Waals surface area contributed by atoms with Crippen LogP contribution in [-0.2, 0) is 4.79 Å². The van der Waals surface area contributed by atoms with Gasteiger partial charge in [-0.05, 0) is 30.5 Å². The summed E-state index contributed by atoms with van der Waals surface area (Å²) in [4.78, 5) is 12.8. The van der Waals surface area contributed by atoms with Crippen molar-refractivity contribution in [3.63, 3.8) is 0 Å². The predicted octanol–water partition coefficient (Wildman–Crippen LogP) is 4.24. The number of halogens is 1. The third-order valence-corrected chi connectivity index (χ3v) is 4.49. The van der Waals surface area contributed by atoms with E-state index in [1.165, 1.54) is 44.2 Å². The Hall–Kier alpha value is -1.42. The standard InChI is InChI=1S/C18H27FN2O/c1-14(12-15-8-5-4-6-9-15)18(22)21(20(2)3)17-11-7-10-16(19)13-17/h7,10-11,13-15H,4-6,8-9,12H2,1-3H3. The molecule has 0 heterocycles. The first kappa shape index (κ1) is 16.9. The summed E-state index contributed by atoms with van der Waals surface area (Å²) in [5, 5.41) is 3.31. The Morgan fingerprint density at radius 2 is 1.95 bits per heavy atom. The lowest BCUT2D eigenvalue weighted by atomic mass is 9.83. The van der Waals surface area contributed by atoms with E-state index in [9.17, 15) is 9.18 Å². The average molecular weight is 306 g/mol. The van der Waals surface area contributed by atoms with Crippen LogP contribution in [0.1, 0.15) is 45.4 Å². The molecule has 3 nitrogen and oxygen atoms in total. The topological polar surface area (TPSA) is 23.6 Å². The Morgan fingerprint density at radius 3 is 2.55 bits per heavy atom. The maximum Gasteiger partial charge on any atom is 0.244 e. The Bertz CT molecular complexity index is 498. The second kappa shape index (κ2) is 7.73. The summed E-state index contributed by atoms with van der Waals surface area (Å²) < 4.78 is 13.5.